The number of nitriles is 1. The Morgan fingerprint density at radius 2 is 2.17 bits per heavy atom. The van der Waals surface area contributed by atoms with Crippen LogP contribution in [0.25, 0.3) is 11.3 Å². The summed E-state index contributed by atoms with van der Waals surface area (Å²) in [4.78, 5) is 16.7. The molecule has 18 heavy (non-hydrogen) atoms. The van der Waals surface area contributed by atoms with E-state index in [2.05, 4.69) is 10.3 Å². The SMILES string of the molecule is Cc1sc(NC(=O)CC#N)nc1-c1ccccc1. The molecule has 0 atom stereocenters. The molecular formula is C13H11N3OS. The first-order chi connectivity index (χ1) is 8.70. The maximum absolute atomic E-state index is 11.3. The fraction of sp³-hybridized carbons (Fsp3) is 0.154. The van der Waals surface area contributed by atoms with Gasteiger partial charge in [-0.15, -0.1) is 11.3 Å². The van der Waals surface area contributed by atoms with Crippen LogP contribution >= 0.6 is 11.3 Å². The fourth-order valence-electron chi connectivity index (χ4n) is 1.55. The molecule has 4 nitrogen and oxygen atoms in total. The number of carbonyl (C=O) groups is 1. The highest BCUT2D eigenvalue weighted by atomic mass is 32.1. The Bertz CT molecular complexity index is 598. The Morgan fingerprint density at radius 1 is 1.44 bits per heavy atom. The van der Waals surface area contributed by atoms with E-state index in [4.69, 9.17) is 5.26 Å². The Hall–Kier alpha value is -2.19. The summed E-state index contributed by atoms with van der Waals surface area (Å²) in [5, 5.41) is 11.6. The summed E-state index contributed by atoms with van der Waals surface area (Å²) in [6.45, 7) is 1.96. The monoisotopic (exact) mass is 257 g/mol. The fourth-order valence-corrected chi connectivity index (χ4v) is 2.40. The number of nitrogens with zero attached hydrogens (tertiary/aromatic N) is 2. The zero-order chi connectivity index (χ0) is 13.0. The van der Waals surface area contributed by atoms with Gasteiger partial charge in [0.25, 0.3) is 0 Å². The van der Waals surface area contributed by atoms with E-state index in [-0.39, 0.29) is 12.3 Å². The van der Waals surface area contributed by atoms with E-state index >= 15 is 0 Å². The van der Waals surface area contributed by atoms with Crippen molar-refractivity contribution < 1.29 is 4.79 Å². The molecule has 0 aliphatic heterocycles. The molecule has 0 saturated carbocycles. The summed E-state index contributed by atoms with van der Waals surface area (Å²) in [7, 11) is 0. The lowest BCUT2D eigenvalue weighted by molar-refractivity contribution is -0.115. The zero-order valence-corrected chi connectivity index (χ0v) is 10.6. The van der Waals surface area contributed by atoms with Crippen molar-refractivity contribution in [1.29, 1.82) is 5.26 Å². The quantitative estimate of drug-likeness (QED) is 0.919. The highest BCUT2D eigenvalue weighted by Crippen LogP contribution is 2.30. The van der Waals surface area contributed by atoms with Gasteiger partial charge in [0.1, 0.15) is 6.42 Å². The minimum Gasteiger partial charge on any atom is -0.301 e. The lowest BCUT2D eigenvalue weighted by Gasteiger charge is -1.97. The van der Waals surface area contributed by atoms with E-state index in [1.807, 2.05) is 37.3 Å². The van der Waals surface area contributed by atoms with Crippen LogP contribution in [0.2, 0.25) is 0 Å². The van der Waals surface area contributed by atoms with E-state index in [9.17, 15) is 4.79 Å². The minimum absolute atomic E-state index is 0.153. The van der Waals surface area contributed by atoms with Crippen molar-refractivity contribution in [2.24, 2.45) is 0 Å². The number of rotatable bonds is 3. The van der Waals surface area contributed by atoms with E-state index in [1.54, 1.807) is 6.07 Å². The molecule has 1 heterocycles. The molecule has 0 spiro atoms. The van der Waals surface area contributed by atoms with Crippen LogP contribution < -0.4 is 5.32 Å². The van der Waals surface area contributed by atoms with Crippen LogP contribution in [-0.2, 0) is 4.79 Å². The predicted molar refractivity (Wildman–Crippen MR) is 71.1 cm³/mol. The zero-order valence-electron chi connectivity index (χ0n) is 9.80. The molecule has 0 bridgehead atoms. The second kappa shape index (κ2) is 5.43. The largest absolute Gasteiger partial charge is 0.301 e. The molecular weight excluding hydrogens is 246 g/mol. The van der Waals surface area contributed by atoms with Gasteiger partial charge in [-0.05, 0) is 6.92 Å². The molecule has 2 rings (SSSR count). The van der Waals surface area contributed by atoms with Crippen molar-refractivity contribution >= 4 is 22.4 Å². The van der Waals surface area contributed by atoms with Gasteiger partial charge in [0.2, 0.25) is 5.91 Å². The van der Waals surface area contributed by atoms with Crippen molar-refractivity contribution in [2.75, 3.05) is 5.32 Å². The number of anilines is 1. The molecule has 90 valence electrons. The third-order valence-corrected chi connectivity index (χ3v) is 3.22. The maximum Gasteiger partial charge on any atom is 0.240 e. The van der Waals surface area contributed by atoms with E-state index in [0.29, 0.717) is 5.13 Å². The van der Waals surface area contributed by atoms with Gasteiger partial charge in [0, 0.05) is 10.4 Å². The van der Waals surface area contributed by atoms with Crippen LogP contribution in [-0.4, -0.2) is 10.9 Å². The summed E-state index contributed by atoms with van der Waals surface area (Å²) in [6, 6.07) is 11.6. The lowest BCUT2D eigenvalue weighted by atomic mass is 10.1. The second-order valence-corrected chi connectivity index (χ2v) is 4.88. The number of carbonyl (C=O) groups excluding carboxylic acids is 1. The smallest absolute Gasteiger partial charge is 0.240 e. The van der Waals surface area contributed by atoms with Crippen LogP contribution in [0.15, 0.2) is 30.3 Å². The molecule has 0 fully saturated rings. The Balaban J connectivity index is 2.23. The molecule has 2 aromatic rings. The Morgan fingerprint density at radius 3 is 2.83 bits per heavy atom. The molecule has 0 unspecified atom stereocenters. The first kappa shape index (κ1) is 12.3. The number of hydrogen-bond donors (Lipinski definition) is 1. The van der Waals surface area contributed by atoms with E-state index < -0.39 is 0 Å². The normalized spacial score (nSPS) is 9.78. The molecule has 0 aliphatic rings. The number of amides is 1. The third-order valence-electron chi connectivity index (χ3n) is 2.33. The lowest BCUT2D eigenvalue weighted by Crippen LogP contribution is -2.09. The number of hydrogen-bond acceptors (Lipinski definition) is 4. The van der Waals surface area contributed by atoms with Gasteiger partial charge in [0.05, 0.1) is 11.8 Å². The number of thiazole rings is 1. The number of benzene rings is 1. The molecule has 5 heteroatoms. The Labute approximate surface area is 109 Å². The molecule has 1 aromatic heterocycles. The van der Waals surface area contributed by atoms with E-state index in [0.717, 1.165) is 16.1 Å². The molecule has 1 aromatic carbocycles. The minimum atomic E-state index is -0.328. The molecule has 0 saturated heterocycles. The molecule has 0 radical (unpaired) electrons. The second-order valence-electron chi connectivity index (χ2n) is 3.67. The molecule has 1 N–H and O–H groups in total. The van der Waals surface area contributed by atoms with Crippen LogP contribution in [0.3, 0.4) is 0 Å². The van der Waals surface area contributed by atoms with Crippen LogP contribution in [0.4, 0.5) is 5.13 Å². The van der Waals surface area contributed by atoms with Crippen LogP contribution in [0.5, 0.6) is 0 Å². The van der Waals surface area contributed by atoms with Crippen molar-refractivity contribution in [3.63, 3.8) is 0 Å². The summed E-state index contributed by atoms with van der Waals surface area (Å²) in [5.41, 5.74) is 1.89. The Kier molecular flexibility index (Phi) is 3.70. The summed E-state index contributed by atoms with van der Waals surface area (Å²) in [6.07, 6.45) is -0.153. The van der Waals surface area contributed by atoms with Gasteiger partial charge in [-0.3, -0.25) is 4.79 Å². The van der Waals surface area contributed by atoms with Crippen LogP contribution in [0.1, 0.15) is 11.3 Å². The van der Waals surface area contributed by atoms with Gasteiger partial charge in [-0.2, -0.15) is 5.26 Å². The van der Waals surface area contributed by atoms with Crippen molar-refractivity contribution in [3.05, 3.63) is 35.2 Å². The first-order valence-corrected chi connectivity index (χ1v) is 6.22. The maximum atomic E-state index is 11.3. The average molecular weight is 257 g/mol. The van der Waals surface area contributed by atoms with Crippen molar-refractivity contribution in [2.45, 2.75) is 13.3 Å². The standard InChI is InChI=1S/C13H11N3OS/c1-9-12(10-5-3-2-4-6-10)16-13(18-9)15-11(17)7-8-14/h2-6H,7H2,1H3,(H,15,16,17). The van der Waals surface area contributed by atoms with Crippen molar-refractivity contribution in [1.82, 2.24) is 4.98 Å². The third kappa shape index (κ3) is 2.73. The summed E-state index contributed by atoms with van der Waals surface area (Å²) in [5.74, 6) is -0.328. The van der Waals surface area contributed by atoms with Gasteiger partial charge >= 0.3 is 0 Å². The first-order valence-electron chi connectivity index (χ1n) is 5.40. The topological polar surface area (TPSA) is 65.8 Å². The highest BCUT2D eigenvalue weighted by Gasteiger charge is 2.11. The summed E-state index contributed by atoms with van der Waals surface area (Å²) >= 11 is 1.41. The van der Waals surface area contributed by atoms with Crippen LogP contribution in [0, 0.1) is 18.3 Å². The highest BCUT2D eigenvalue weighted by molar-refractivity contribution is 7.16. The van der Waals surface area contributed by atoms with Gasteiger partial charge in [0.15, 0.2) is 5.13 Å². The van der Waals surface area contributed by atoms with Gasteiger partial charge in [-0.25, -0.2) is 4.98 Å². The number of aryl methyl sites for hydroxylation is 1. The van der Waals surface area contributed by atoms with Crippen molar-refractivity contribution in [3.8, 4) is 17.3 Å². The summed E-state index contributed by atoms with van der Waals surface area (Å²) < 4.78 is 0. The van der Waals surface area contributed by atoms with Gasteiger partial charge < -0.3 is 5.32 Å². The number of aromatic nitrogens is 1. The van der Waals surface area contributed by atoms with E-state index in [1.165, 1.54) is 11.3 Å². The predicted octanol–water partition coefficient (Wildman–Crippen LogP) is 2.97. The van der Waals surface area contributed by atoms with Gasteiger partial charge in [-0.1, -0.05) is 30.3 Å². The number of nitrogens with one attached hydrogen (secondary N) is 1. The average Bonchev–Trinajstić information content (AvgIpc) is 2.71. The molecule has 0 aliphatic carbocycles. The molecule has 1 amide bonds.